The lowest BCUT2D eigenvalue weighted by Crippen LogP contribution is -2.53. The largest absolute Gasteiger partial charge is 0.349 e. The predicted molar refractivity (Wildman–Crippen MR) is 82.6 cm³/mol. The van der Waals surface area contributed by atoms with Crippen LogP contribution in [0, 0.1) is 5.92 Å². The lowest BCUT2D eigenvalue weighted by atomic mass is 9.93. The van der Waals surface area contributed by atoms with Gasteiger partial charge in [0.25, 0.3) is 0 Å². The Kier molecular flexibility index (Phi) is 4.95. The SMILES string of the molecule is CC1CCC(CN)CN1CC(=O)NC1(C)CCS(=O)(=O)C1. The van der Waals surface area contributed by atoms with Crippen molar-refractivity contribution >= 4 is 15.7 Å². The first-order valence-corrected chi connectivity index (χ1v) is 9.51. The minimum Gasteiger partial charge on any atom is -0.349 e. The molecule has 3 unspecified atom stereocenters. The number of carbonyl (C=O) groups excluding carboxylic acids is 1. The van der Waals surface area contributed by atoms with E-state index in [9.17, 15) is 13.2 Å². The fourth-order valence-corrected chi connectivity index (χ4v) is 5.44. The van der Waals surface area contributed by atoms with Crippen molar-refractivity contribution in [2.24, 2.45) is 11.7 Å². The molecule has 2 aliphatic heterocycles. The first-order chi connectivity index (χ1) is 9.73. The van der Waals surface area contributed by atoms with Crippen molar-refractivity contribution in [3.63, 3.8) is 0 Å². The van der Waals surface area contributed by atoms with Crippen molar-refractivity contribution in [3.8, 4) is 0 Å². The summed E-state index contributed by atoms with van der Waals surface area (Å²) in [5.41, 5.74) is 5.12. The van der Waals surface area contributed by atoms with Crippen LogP contribution in [0.3, 0.4) is 0 Å². The minimum absolute atomic E-state index is 0.0483. The third-order valence-electron chi connectivity index (χ3n) is 4.73. The van der Waals surface area contributed by atoms with Crippen LogP contribution in [0.15, 0.2) is 0 Å². The molecule has 6 nitrogen and oxygen atoms in total. The van der Waals surface area contributed by atoms with Crippen molar-refractivity contribution in [2.75, 3.05) is 31.1 Å². The lowest BCUT2D eigenvalue weighted by molar-refractivity contribution is -0.124. The van der Waals surface area contributed by atoms with Gasteiger partial charge in [0.15, 0.2) is 9.84 Å². The van der Waals surface area contributed by atoms with Gasteiger partial charge in [-0.25, -0.2) is 8.42 Å². The minimum atomic E-state index is -3.00. The highest BCUT2D eigenvalue weighted by atomic mass is 32.2. The average molecular weight is 317 g/mol. The summed E-state index contributed by atoms with van der Waals surface area (Å²) in [4.78, 5) is 14.4. The molecule has 21 heavy (non-hydrogen) atoms. The topological polar surface area (TPSA) is 92.5 Å². The normalized spacial score (nSPS) is 36.5. The van der Waals surface area contributed by atoms with Crippen LogP contribution in [-0.2, 0) is 14.6 Å². The fourth-order valence-electron chi connectivity index (χ4n) is 3.34. The number of nitrogens with zero attached hydrogens (tertiary/aromatic N) is 1. The number of likely N-dealkylation sites (tertiary alicyclic amines) is 1. The molecular formula is C14H27N3O3S. The number of hydrogen-bond donors (Lipinski definition) is 2. The Labute approximate surface area is 127 Å². The summed E-state index contributed by atoms with van der Waals surface area (Å²) in [5, 5.41) is 2.92. The van der Waals surface area contributed by atoms with Crippen LogP contribution in [0.5, 0.6) is 0 Å². The number of sulfone groups is 1. The lowest BCUT2D eigenvalue weighted by Gasteiger charge is -2.37. The van der Waals surface area contributed by atoms with Gasteiger partial charge in [0.2, 0.25) is 5.91 Å². The van der Waals surface area contributed by atoms with Gasteiger partial charge in [-0.15, -0.1) is 0 Å². The Hall–Kier alpha value is -0.660. The van der Waals surface area contributed by atoms with E-state index in [4.69, 9.17) is 5.73 Å². The number of amides is 1. The Morgan fingerprint density at radius 1 is 1.43 bits per heavy atom. The second kappa shape index (κ2) is 6.22. The zero-order valence-electron chi connectivity index (χ0n) is 13.0. The molecule has 7 heteroatoms. The number of hydrogen-bond acceptors (Lipinski definition) is 5. The van der Waals surface area contributed by atoms with Gasteiger partial charge in [0.05, 0.1) is 23.6 Å². The van der Waals surface area contributed by atoms with Gasteiger partial charge in [-0.05, 0) is 45.6 Å². The van der Waals surface area contributed by atoms with Crippen LogP contribution in [0.25, 0.3) is 0 Å². The zero-order chi connectivity index (χ0) is 15.7. The molecule has 0 saturated carbocycles. The van der Waals surface area contributed by atoms with E-state index in [-0.39, 0.29) is 17.4 Å². The van der Waals surface area contributed by atoms with E-state index in [2.05, 4.69) is 17.1 Å². The Balaban J connectivity index is 1.89. The molecule has 1 amide bonds. The summed E-state index contributed by atoms with van der Waals surface area (Å²) in [6.45, 7) is 5.77. The van der Waals surface area contributed by atoms with E-state index in [1.165, 1.54) is 0 Å². The molecule has 2 aliphatic rings. The van der Waals surface area contributed by atoms with Crippen LogP contribution in [0.1, 0.15) is 33.1 Å². The molecule has 3 N–H and O–H groups in total. The first-order valence-electron chi connectivity index (χ1n) is 7.68. The van der Waals surface area contributed by atoms with E-state index in [1.54, 1.807) is 0 Å². The van der Waals surface area contributed by atoms with Crippen LogP contribution in [0.2, 0.25) is 0 Å². The quantitative estimate of drug-likeness (QED) is 0.745. The molecular weight excluding hydrogens is 290 g/mol. The van der Waals surface area contributed by atoms with Gasteiger partial charge in [-0.2, -0.15) is 0 Å². The van der Waals surface area contributed by atoms with Gasteiger partial charge < -0.3 is 11.1 Å². The molecule has 0 aliphatic carbocycles. The summed E-state index contributed by atoms with van der Waals surface area (Å²) in [5.74, 6) is 0.585. The Bertz CT molecular complexity index is 494. The van der Waals surface area contributed by atoms with Crippen molar-refractivity contribution in [3.05, 3.63) is 0 Å². The van der Waals surface area contributed by atoms with E-state index in [0.29, 0.717) is 31.5 Å². The second-order valence-corrected chi connectivity index (χ2v) is 9.09. The molecule has 122 valence electrons. The molecule has 0 bridgehead atoms. The van der Waals surface area contributed by atoms with Gasteiger partial charge in [0, 0.05) is 12.6 Å². The molecule has 2 rings (SSSR count). The molecule has 2 saturated heterocycles. The standard InChI is InChI=1S/C14H27N3O3S/c1-11-3-4-12(7-15)8-17(11)9-13(18)16-14(2)5-6-21(19,20)10-14/h11-12H,3-10,15H2,1-2H3,(H,16,18). The van der Waals surface area contributed by atoms with E-state index >= 15 is 0 Å². The predicted octanol–water partition coefficient (Wildman–Crippen LogP) is -0.261. The highest BCUT2D eigenvalue weighted by Gasteiger charge is 2.39. The molecule has 0 radical (unpaired) electrons. The summed E-state index contributed by atoms with van der Waals surface area (Å²) in [6, 6.07) is 0.374. The highest BCUT2D eigenvalue weighted by molar-refractivity contribution is 7.91. The number of nitrogens with two attached hydrogens (primary N) is 1. The molecule has 0 aromatic heterocycles. The van der Waals surface area contributed by atoms with Crippen molar-refractivity contribution in [2.45, 2.75) is 44.7 Å². The van der Waals surface area contributed by atoms with Gasteiger partial charge in [-0.3, -0.25) is 9.69 Å². The van der Waals surface area contributed by atoms with Crippen molar-refractivity contribution in [1.29, 1.82) is 0 Å². The molecule has 0 spiro atoms. The van der Waals surface area contributed by atoms with E-state index in [0.717, 1.165) is 19.4 Å². The summed E-state index contributed by atoms with van der Waals surface area (Å²) in [7, 11) is -3.00. The molecule has 0 aromatic rings. The van der Waals surface area contributed by atoms with E-state index in [1.807, 2.05) is 6.92 Å². The van der Waals surface area contributed by atoms with Crippen molar-refractivity contribution < 1.29 is 13.2 Å². The smallest absolute Gasteiger partial charge is 0.234 e. The molecule has 2 heterocycles. The number of carbonyl (C=O) groups is 1. The maximum Gasteiger partial charge on any atom is 0.234 e. The van der Waals surface area contributed by atoms with Gasteiger partial charge in [-0.1, -0.05) is 0 Å². The average Bonchev–Trinajstić information content (AvgIpc) is 2.65. The first kappa shape index (κ1) is 16.7. The number of nitrogens with one attached hydrogen (secondary N) is 1. The number of piperidine rings is 1. The summed E-state index contributed by atoms with van der Waals surface area (Å²) < 4.78 is 23.2. The maximum atomic E-state index is 12.2. The fraction of sp³-hybridized carbons (Fsp3) is 0.929. The Morgan fingerprint density at radius 3 is 2.71 bits per heavy atom. The second-order valence-electron chi connectivity index (χ2n) is 6.91. The third kappa shape index (κ3) is 4.40. The molecule has 3 atom stereocenters. The third-order valence-corrected chi connectivity index (χ3v) is 6.64. The number of rotatable bonds is 4. The van der Waals surface area contributed by atoms with Crippen LogP contribution < -0.4 is 11.1 Å². The zero-order valence-corrected chi connectivity index (χ0v) is 13.8. The monoisotopic (exact) mass is 317 g/mol. The van der Waals surface area contributed by atoms with Crippen LogP contribution in [-0.4, -0.2) is 61.9 Å². The molecule has 2 fully saturated rings. The van der Waals surface area contributed by atoms with E-state index < -0.39 is 15.4 Å². The van der Waals surface area contributed by atoms with Crippen molar-refractivity contribution in [1.82, 2.24) is 10.2 Å². The summed E-state index contributed by atoms with van der Waals surface area (Å²) in [6.07, 6.45) is 2.68. The maximum absolute atomic E-state index is 12.2. The van der Waals surface area contributed by atoms with Gasteiger partial charge >= 0.3 is 0 Å². The summed E-state index contributed by atoms with van der Waals surface area (Å²) >= 11 is 0. The van der Waals surface area contributed by atoms with Crippen LogP contribution >= 0.6 is 0 Å². The molecule has 0 aromatic carbocycles. The Morgan fingerprint density at radius 2 is 2.14 bits per heavy atom. The van der Waals surface area contributed by atoms with Gasteiger partial charge in [0.1, 0.15) is 0 Å². The van der Waals surface area contributed by atoms with Crippen LogP contribution in [0.4, 0.5) is 0 Å². The highest BCUT2D eigenvalue weighted by Crippen LogP contribution is 2.24.